The summed E-state index contributed by atoms with van der Waals surface area (Å²) in [5.74, 6) is 0.0409. The van der Waals surface area contributed by atoms with Gasteiger partial charge in [0.2, 0.25) is 5.91 Å². The lowest BCUT2D eigenvalue weighted by molar-refractivity contribution is -0.117. The van der Waals surface area contributed by atoms with Crippen LogP contribution in [0.1, 0.15) is 19.4 Å². The molecule has 1 N–H and O–H groups in total. The van der Waals surface area contributed by atoms with E-state index >= 15 is 0 Å². The third kappa shape index (κ3) is 5.38. The first-order chi connectivity index (χ1) is 8.06. The first-order valence-corrected chi connectivity index (χ1v) is 6.64. The van der Waals surface area contributed by atoms with Crippen molar-refractivity contribution in [3.63, 3.8) is 0 Å². The molecule has 0 radical (unpaired) electrons. The largest absolute Gasteiger partial charge is 0.325 e. The minimum atomic E-state index is 0. The molecule has 1 aromatic carbocycles. The lowest BCUT2D eigenvalue weighted by Gasteiger charge is -2.17. The van der Waals surface area contributed by atoms with E-state index in [1.165, 1.54) is 0 Å². The van der Waals surface area contributed by atoms with E-state index in [0.29, 0.717) is 6.54 Å². The van der Waals surface area contributed by atoms with E-state index in [4.69, 9.17) is 0 Å². The quantitative estimate of drug-likeness (QED) is 0.893. The lowest BCUT2D eigenvalue weighted by Crippen LogP contribution is -2.33. The van der Waals surface area contributed by atoms with Crippen molar-refractivity contribution in [2.75, 3.05) is 25.0 Å². The number of hydrogen-bond acceptors (Lipinski definition) is 2. The van der Waals surface area contributed by atoms with Crippen molar-refractivity contribution >= 4 is 39.9 Å². The zero-order chi connectivity index (χ0) is 12.8. The van der Waals surface area contributed by atoms with Crippen LogP contribution in [0.3, 0.4) is 0 Å². The zero-order valence-corrected chi connectivity index (χ0v) is 13.4. The number of aryl methyl sites for hydroxylation is 1. The van der Waals surface area contributed by atoms with Crippen molar-refractivity contribution in [3.05, 3.63) is 28.2 Å². The maximum Gasteiger partial charge on any atom is 0.238 e. The summed E-state index contributed by atoms with van der Waals surface area (Å²) in [6, 6.07) is 5.84. The van der Waals surface area contributed by atoms with Gasteiger partial charge >= 0.3 is 0 Å². The summed E-state index contributed by atoms with van der Waals surface area (Å²) in [6.07, 6.45) is 0. The highest BCUT2D eigenvalue weighted by molar-refractivity contribution is 9.10. The molecule has 18 heavy (non-hydrogen) atoms. The maximum absolute atomic E-state index is 11.8. The first kappa shape index (κ1) is 17.4. The van der Waals surface area contributed by atoms with E-state index in [1.54, 1.807) is 0 Å². The molecule has 0 atom stereocenters. The molecule has 0 heterocycles. The van der Waals surface area contributed by atoms with Crippen LogP contribution in [-0.4, -0.2) is 30.4 Å². The van der Waals surface area contributed by atoms with E-state index in [1.807, 2.05) is 25.1 Å². The number of amides is 1. The number of likely N-dealkylation sites (N-methyl/N-ethyl adjacent to an activating group) is 1. The molecule has 0 fully saturated rings. The second-order valence-corrected chi connectivity index (χ2v) is 4.88. The number of benzene rings is 1. The third-order valence-corrected chi connectivity index (χ3v) is 3.22. The van der Waals surface area contributed by atoms with Crippen LogP contribution >= 0.6 is 28.3 Å². The van der Waals surface area contributed by atoms with E-state index < -0.39 is 0 Å². The number of carbonyl (C=O) groups excluding carboxylic acids is 1. The van der Waals surface area contributed by atoms with Gasteiger partial charge in [0.05, 0.1) is 6.54 Å². The average molecular weight is 336 g/mol. The number of anilines is 1. The predicted octanol–water partition coefficient (Wildman–Crippen LogP) is 3.46. The Labute approximate surface area is 123 Å². The summed E-state index contributed by atoms with van der Waals surface area (Å²) in [4.78, 5) is 13.9. The van der Waals surface area contributed by atoms with Gasteiger partial charge in [0.1, 0.15) is 0 Å². The Hall–Kier alpha value is -0.580. The molecule has 102 valence electrons. The SMILES string of the molecule is CCN(CC)CC(=O)Nc1ccc(Br)cc1C.Cl. The van der Waals surface area contributed by atoms with Crippen molar-refractivity contribution in [1.82, 2.24) is 4.90 Å². The molecule has 0 aliphatic rings. The molecule has 0 aliphatic carbocycles. The third-order valence-electron chi connectivity index (χ3n) is 2.72. The summed E-state index contributed by atoms with van der Waals surface area (Å²) >= 11 is 3.40. The van der Waals surface area contributed by atoms with E-state index in [-0.39, 0.29) is 18.3 Å². The molecule has 0 saturated carbocycles. The van der Waals surface area contributed by atoms with Gasteiger partial charge in [-0.3, -0.25) is 9.69 Å². The molecular weight excluding hydrogens is 316 g/mol. The van der Waals surface area contributed by atoms with Gasteiger partial charge in [0.15, 0.2) is 0 Å². The van der Waals surface area contributed by atoms with Gasteiger partial charge in [-0.05, 0) is 43.8 Å². The molecule has 1 rings (SSSR count). The van der Waals surface area contributed by atoms with Gasteiger partial charge in [-0.25, -0.2) is 0 Å². The summed E-state index contributed by atoms with van der Waals surface area (Å²) in [5, 5.41) is 2.94. The Kier molecular flexibility index (Phi) is 8.24. The topological polar surface area (TPSA) is 32.3 Å². The van der Waals surface area contributed by atoms with Crippen molar-refractivity contribution < 1.29 is 4.79 Å². The van der Waals surface area contributed by atoms with Crippen LogP contribution in [-0.2, 0) is 4.79 Å². The Balaban J connectivity index is 0.00000289. The van der Waals surface area contributed by atoms with E-state index in [0.717, 1.165) is 28.8 Å². The molecule has 0 unspecified atom stereocenters. The number of hydrogen-bond donors (Lipinski definition) is 1. The standard InChI is InChI=1S/C13H19BrN2O.ClH/c1-4-16(5-2)9-13(17)15-12-7-6-11(14)8-10(12)3;/h6-8H,4-5,9H2,1-3H3,(H,15,17);1H. The van der Waals surface area contributed by atoms with Gasteiger partial charge in [0, 0.05) is 10.2 Å². The van der Waals surface area contributed by atoms with Gasteiger partial charge in [-0.2, -0.15) is 0 Å². The van der Waals surface area contributed by atoms with Gasteiger partial charge in [-0.1, -0.05) is 29.8 Å². The van der Waals surface area contributed by atoms with Crippen molar-refractivity contribution in [2.45, 2.75) is 20.8 Å². The van der Waals surface area contributed by atoms with Crippen LogP contribution in [0, 0.1) is 6.92 Å². The fourth-order valence-corrected chi connectivity index (χ4v) is 2.08. The summed E-state index contributed by atoms with van der Waals surface area (Å²) in [5.41, 5.74) is 1.94. The fraction of sp³-hybridized carbons (Fsp3) is 0.462. The number of carbonyl (C=O) groups is 1. The molecule has 1 amide bonds. The van der Waals surface area contributed by atoms with E-state index in [2.05, 4.69) is 40.0 Å². The molecule has 0 aromatic heterocycles. The smallest absolute Gasteiger partial charge is 0.238 e. The van der Waals surface area contributed by atoms with Crippen LogP contribution < -0.4 is 5.32 Å². The Morgan fingerprint density at radius 3 is 2.44 bits per heavy atom. The zero-order valence-electron chi connectivity index (χ0n) is 11.0. The predicted molar refractivity (Wildman–Crippen MR) is 82.5 cm³/mol. The second kappa shape index (κ2) is 8.51. The van der Waals surface area contributed by atoms with E-state index in [9.17, 15) is 4.79 Å². The fourth-order valence-electron chi connectivity index (χ4n) is 1.61. The van der Waals surface area contributed by atoms with Crippen molar-refractivity contribution in [2.24, 2.45) is 0 Å². The average Bonchev–Trinajstić information content (AvgIpc) is 2.29. The van der Waals surface area contributed by atoms with Crippen LogP contribution in [0.2, 0.25) is 0 Å². The number of halogens is 2. The van der Waals surface area contributed by atoms with Crippen LogP contribution in [0.15, 0.2) is 22.7 Å². The summed E-state index contributed by atoms with van der Waals surface area (Å²) in [7, 11) is 0. The van der Waals surface area contributed by atoms with Crippen molar-refractivity contribution in [1.29, 1.82) is 0 Å². The molecule has 0 bridgehead atoms. The highest BCUT2D eigenvalue weighted by atomic mass is 79.9. The summed E-state index contributed by atoms with van der Waals surface area (Å²) in [6.45, 7) is 8.33. The van der Waals surface area contributed by atoms with Gasteiger partial charge < -0.3 is 5.32 Å². The lowest BCUT2D eigenvalue weighted by atomic mass is 10.2. The molecule has 0 aliphatic heterocycles. The van der Waals surface area contributed by atoms with Crippen LogP contribution in [0.25, 0.3) is 0 Å². The molecule has 0 saturated heterocycles. The maximum atomic E-state index is 11.8. The minimum Gasteiger partial charge on any atom is -0.325 e. The molecule has 3 nitrogen and oxygen atoms in total. The Bertz CT molecular complexity index is 395. The van der Waals surface area contributed by atoms with Crippen LogP contribution in [0.5, 0.6) is 0 Å². The molecule has 0 spiro atoms. The molecular formula is C13H20BrClN2O. The first-order valence-electron chi connectivity index (χ1n) is 5.85. The number of nitrogens with one attached hydrogen (secondary N) is 1. The second-order valence-electron chi connectivity index (χ2n) is 3.97. The van der Waals surface area contributed by atoms with Gasteiger partial charge in [0.25, 0.3) is 0 Å². The normalized spacial score (nSPS) is 10.1. The van der Waals surface area contributed by atoms with Gasteiger partial charge in [-0.15, -0.1) is 12.4 Å². The van der Waals surface area contributed by atoms with Crippen molar-refractivity contribution in [3.8, 4) is 0 Å². The highest BCUT2D eigenvalue weighted by Gasteiger charge is 2.08. The van der Waals surface area contributed by atoms with Crippen LogP contribution in [0.4, 0.5) is 5.69 Å². The summed E-state index contributed by atoms with van der Waals surface area (Å²) < 4.78 is 1.02. The number of nitrogens with zero attached hydrogens (tertiary/aromatic N) is 1. The Morgan fingerprint density at radius 1 is 1.33 bits per heavy atom. The highest BCUT2D eigenvalue weighted by Crippen LogP contribution is 2.19. The number of rotatable bonds is 5. The minimum absolute atomic E-state index is 0. The molecule has 5 heteroatoms. The Morgan fingerprint density at radius 2 is 1.94 bits per heavy atom. The molecule has 1 aromatic rings. The monoisotopic (exact) mass is 334 g/mol.